The standard InChI is InChI=1S/C17H24N4O3S/c1-17(2,3)19-9-12(22)10-24-13-7-5-11(6-8-13)15-14(16(23)18-4)20-21-25-15/h5-8,12,19,22H,9-10H2,1-4H3,(H,18,23). The molecule has 0 aliphatic rings. The average Bonchev–Trinajstić information content (AvgIpc) is 3.07. The van der Waals surface area contributed by atoms with Gasteiger partial charge in [-0.15, -0.1) is 5.10 Å². The number of carbonyl (C=O) groups is 1. The summed E-state index contributed by atoms with van der Waals surface area (Å²) in [6, 6.07) is 7.28. The number of rotatable bonds is 7. The van der Waals surface area contributed by atoms with Gasteiger partial charge in [0.2, 0.25) is 0 Å². The minimum Gasteiger partial charge on any atom is -0.491 e. The summed E-state index contributed by atoms with van der Waals surface area (Å²) < 4.78 is 9.46. The van der Waals surface area contributed by atoms with Crippen molar-refractivity contribution < 1.29 is 14.6 Å². The molecular weight excluding hydrogens is 340 g/mol. The highest BCUT2D eigenvalue weighted by Gasteiger charge is 2.17. The number of aromatic nitrogens is 2. The van der Waals surface area contributed by atoms with E-state index in [4.69, 9.17) is 4.74 Å². The Bertz CT molecular complexity index is 695. The van der Waals surface area contributed by atoms with Gasteiger partial charge in [0.05, 0.1) is 4.88 Å². The predicted molar refractivity (Wildman–Crippen MR) is 98.0 cm³/mol. The number of nitrogens with one attached hydrogen (secondary N) is 2. The Morgan fingerprint density at radius 2 is 2.00 bits per heavy atom. The van der Waals surface area contributed by atoms with Crippen LogP contribution in [0.4, 0.5) is 0 Å². The van der Waals surface area contributed by atoms with Gasteiger partial charge in [0.1, 0.15) is 18.5 Å². The monoisotopic (exact) mass is 364 g/mol. The van der Waals surface area contributed by atoms with E-state index in [1.54, 1.807) is 19.2 Å². The molecule has 1 atom stereocenters. The van der Waals surface area contributed by atoms with E-state index >= 15 is 0 Å². The summed E-state index contributed by atoms with van der Waals surface area (Å²) in [4.78, 5) is 12.5. The van der Waals surface area contributed by atoms with E-state index in [1.807, 2.05) is 32.9 Å². The van der Waals surface area contributed by atoms with E-state index in [1.165, 1.54) is 11.5 Å². The van der Waals surface area contributed by atoms with E-state index < -0.39 is 6.10 Å². The zero-order valence-electron chi connectivity index (χ0n) is 14.9. The summed E-state index contributed by atoms with van der Waals surface area (Å²) in [5, 5.41) is 19.6. The Labute approximate surface area is 151 Å². The van der Waals surface area contributed by atoms with E-state index in [9.17, 15) is 9.90 Å². The van der Waals surface area contributed by atoms with Gasteiger partial charge in [0, 0.05) is 19.1 Å². The van der Waals surface area contributed by atoms with Crippen LogP contribution < -0.4 is 15.4 Å². The normalized spacial score (nSPS) is 12.7. The lowest BCUT2D eigenvalue weighted by Gasteiger charge is -2.22. The maximum absolute atomic E-state index is 11.8. The second kappa shape index (κ2) is 8.37. The Balaban J connectivity index is 1.94. The van der Waals surface area contributed by atoms with Crippen molar-refractivity contribution in [1.29, 1.82) is 0 Å². The predicted octanol–water partition coefficient (Wildman–Crippen LogP) is 1.69. The van der Waals surface area contributed by atoms with E-state index in [0.29, 0.717) is 22.9 Å². The molecule has 1 unspecified atom stereocenters. The number of carbonyl (C=O) groups excluding carboxylic acids is 1. The van der Waals surface area contributed by atoms with Gasteiger partial charge >= 0.3 is 0 Å². The van der Waals surface area contributed by atoms with Crippen LogP contribution in [0.25, 0.3) is 10.4 Å². The lowest BCUT2D eigenvalue weighted by atomic mass is 10.1. The fourth-order valence-corrected chi connectivity index (χ4v) is 2.69. The summed E-state index contributed by atoms with van der Waals surface area (Å²) in [6.45, 7) is 6.79. The summed E-state index contributed by atoms with van der Waals surface area (Å²) in [5.41, 5.74) is 1.11. The zero-order chi connectivity index (χ0) is 18.4. The molecule has 1 aromatic carbocycles. The van der Waals surface area contributed by atoms with E-state index in [0.717, 1.165) is 5.56 Å². The molecule has 7 nitrogen and oxygen atoms in total. The molecule has 0 spiro atoms. The second-order valence-electron chi connectivity index (χ2n) is 6.65. The molecule has 2 rings (SSSR count). The second-order valence-corrected chi connectivity index (χ2v) is 7.40. The van der Waals surface area contributed by atoms with Crippen LogP contribution in [0.15, 0.2) is 24.3 Å². The SMILES string of the molecule is CNC(=O)c1nnsc1-c1ccc(OCC(O)CNC(C)(C)C)cc1. The number of benzene rings is 1. The summed E-state index contributed by atoms with van der Waals surface area (Å²) in [7, 11) is 1.56. The molecule has 3 N–H and O–H groups in total. The largest absolute Gasteiger partial charge is 0.491 e. The molecule has 1 amide bonds. The van der Waals surface area contributed by atoms with Gasteiger partial charge in [-0.05, 0) is 62.1 Å². The Kier molecular flexibility index (Phi) is 6.46. The van der Waals surface area contributed by atoms with Crippen LogP contribution in [-0.4, -0.2) is 52.4 Å². The first kappa shape index (κ1) is 19.3. The first-order chi connectivity index (χ1) is 11.8. The van der Waals surface area contributed by atoms with Crippen molar-refractivity contribution in [2.75, 3.05) is 20.2 Å². The highest BCUT2D eigenvalue weighted by molar-refractivity contribution is 7.09. The topological polar surface area (TPSA) is 96.4 Å². The van der Waals surface area contributed by atoms with Gasteiger partial charge < -0.3 is 20.5 Å². The van der Waals surface area contributed by atoms with Crippen LogP contribution in [0.5, 0.6) is 5.75 Å². The van der Waals surface area contributed by atoms with Gasteiger partial charge in [-0.1, -0.05) is 4.49 Å². The Hall–Kier alpha value is -2.03. The molecule has 0 aliphatic carbocycles. The highest BCUT2D eigenvalue weighted by Crippen LogP contribution is 2.27. The molecule has 1 heterocycles. The molecule has 2 aromatic rings. The zero-order valence-corrected chi connectivity index (χ0v) is 15.7. The minimum absolute atomic E-state index is 0.0477. The number of aliphatic hydroxyl groups excluding tert-OH is 1. The number of β-amino-alcohol motifs (C(OH)–C–C–N with tert-alkyl or cyclic N) is 1. The van der Waals surface area contributed by atoms with E-state index in [2.05, 4.69) is 20.2 Å². The first-order valence-corrected chi connectivity index (χ1v) is 8.78. The molecule has 0 fully saturated rings. The summed E-state index contributed by atoms with van der Waals surface area (Å²) in [5.74, 6) is 0.385. The van der Waals surface area contributed by atoms with Gasteiger partial charge in [-0.25, -0.2) is 0 Å². The van der Waals surface area contributed by atoms with Crippen molar-refractivity contribution in [3.8, 4) is 16.2 Å². The maximum atomic E-state index is 11.8. The lowest BCUT2D eigenvalue weighted by Crippen LogP contribution is -2.42. The van der Waals surface area contributed by atoms with Crippen LogP contribution in [0.2, 0.25) is 0 Å². The van der Waals surface area contributed by atoms with Crippen molar-refractivity contribution in [2.24, 2.45) is 0 Å². The minimum atomic E-state index is -0.593. The Morgan fingerprint density at radius 3 is 2.60 bits per heavy atom. The quantitative estimate of drug-likeness (QED) is 0.692. The molecule has 0 bridgehead atoms. The van der Waals surface area contributed by atoms with Gasteiger partial charge in [-0.3, -0.25) is 4.79 Å². The third kappa shape index (κ3) is 5.77. The van der Waals surface area contributed by atoms with Crippen LogP contribution in [0.3, 0.4) is 0 Å². The number of amides is 1. The third-order valence-electron chi connectivity index (χ3n) is 3.36. The van der Waals surface area contributed by atoms with Gasteiger partial charge in [0.15, 0.2) is 5.69 Å². The fourth-order valence-electron chi connectivity index (χ4n) is 2.02. The van der Waals surface area contributed by atoms with Crippen molar-refractivity contribution in [1.82, 2.24) is 20.2 Å². The number of aliphatic hydroxyl groups is 1. The molecule has 0 saturated heterocycles. The molecule has 1 aromatic heterocycles. The number of hydrogen-bond acceptors (Lipinski definition) is 7. The molecule has 136 valence electrons. The van der Waals surface area contributed by atoms with Gasteiger partial charge in [-0.2, -0.15) is 0 Å². The molecule has 0 radical (unpaired) electrons. The van der Waals surface area contributed by atoms with Crippen LogP contribution in [0.1, 0.15) is 31.3 Å². The van der Waals surface area contributed by atoms with Crippen molar-refractivity contribution in [3.63, 3.8) is 0 Å². The summed E-state index contributed by atoms with van der Waals surface area (Å²) in [6.07, 6.45) is -0.593. The fraction of sp³-hybridized carbons (Fsp3) is 0.471. The van der Waals surface area contributed by atoms with Crippen LogP contribution in [-0.2, 0) is 0 Å². The number of hydrogen-bond donors (Lipinski definition) is 3. The molecular formula is C17H24N4O3S. The van der Waals surface area contributed by atoms with Crippen molar-refractivity contribution in [3.05, 3.63) is 30.0 Å². The highest BCUT2D eigenvalue weighted by atomic mass is 32.1. The summed E-state index contributed by atoms with van der Waals surface area (Å²) >= 11 is 1.17. The third-order valence-corrected chi connectivity index (χ3v) is 4.13. The van der Waals surface area contributed by atoms with E-state index in [-0.39, 0.29) is 18.1 Å². The lowest BCUT2D eigenvalue weighted by molar-refractivity contribution is 0.0958. The number of ether oxygens (including phenoxy) is 1. The smallest absolute Gasteiger partial charge is 0.273 e. The molecule has 0 saturated carbocycles. The Morgan fingerprint density at radius 1 is 1.32 bits per heavy atom. The maximum Gasteiger partial charge on any atom is 0.273 e. The molecule has 25 heavy (non-hydrogen) atoms. The number of nitrogens with zero attached hydrogens (tertiary/aromatic N) is 2. The van der Waals surface area contributed by atoms with Crippen LogP contribution in [0, 0.1) is 0 Å². The van der Waals surface area contributed by atoms with Crippen LogP contribution >= 0.6 is 11.5 Å². The first-order valence-electron chi connectivity index (χ1n) is 8.01. The van der Waals surface area contributed by atoms with Crippen molar-refractivity contribution in [2.45, 2.75) is 32.4 Å². The van der Waals surface area contributed by atoms with Crippen molar-refractivity contribution >= 4 is 17.4 Å². The molecule has 8 heteroatoms. The average molecular weight is 364 g/mol. The molecule has 0 aliphatic heterocycles. The van der Waals surface area contributed by atoms with Gasteiger partial charge in [0.25, 0.3) is 5.91 Å².